The van der Waals surface area contributed by atoms with Crippen molar-refractivity contribution >= 4 is 43.6 Å². The van der Waals surface area contributed by atoms with Crippen LogP contribution in [0.15, 0.2) is 15.8 Å². The fourth-order valence-electron chi connectivity index (χ4n) is 3.98. The fraction of sp³-hybridized carbons (Fsp3) is 0.600. The quantitative estimate of drug-likeness (QED) is 0.782. The highest BCUT2D eigenvalue weighted by Crippen LogP contribution is 2.41. The lowest BCUT2D eigenvalue weighted by molar-refractivity contribution is -0.0837. The lowest BCUT2D eigenvalue weighted by Gasteiger charge is -2.50. The molecule has 6 nitrogen and oxygen atoms in total. The predicted molar refractivity (Wildman–Crippen MR) is 91.9 cm³/mol. The number of rotatable bonds is 2. The first-order chi connectivity index (χ1) is 11.2. The summed E-state index contributed by atoms with van der Waals surface area (Å²) in [5.41, 5.74) is 0.631. The van der Waals surface area contributed by atoms with E-state index in [0.717, 1.165) is 33.4 Å². The van der Waals surface area contributed by atoms with Crippen LogP contribution in [0.25, 0.3) is 10.5 Å². The molecule has 1 atom stereocenters. The molecule has 3 saturated heterocycles. The number of hydrogen-bond acceptors (Lipinski definition) is 7. The molecular weight excluding hydrogens is 378 g/mol. The van der Waals surface area contributed by atoms with E-state index in [1.165, 1.54) is 25.9 Å². The van der Waals surface area contributed by atoms with Crippen LogP contribution in [0.4, 0.5) is 0 Å². The Kier molecular flexibility index (Phi) is 3.21. The summed E-state index contributed by atoms with van der Waals surface area (Å²) in [6.07, 6.45) is 4.81. The number of fused-ring (bicyclic) bond motifs is 3. The molecule has 0 unspecified atom stereocenters. The Hall–Kier alpha value is -1.12. The lowest BCUT2D eigenvalue weighted by Crippen LogP contribution is -2.60. The van der Waals surface area contributed by atoms with Gasteiger partial charge in [0.25, 0.3) is 0 Å². The molecule has 2 aromatic rings. The van der Waals surface area contributed by atoms with E-state index in [1.54, 1.807) is 17.5 Å². The molecule has 0 radical (unpaired) electrons. The molecule has 23 heavy (non-hydrogen) atoms. The van der Waals surface area contributed by atoms with Crippen molar-refractivity contribution in [2.24, 2.45) is 10.9 Å². The minimum Gasteiger partial charge on any atom is -0.470 e. The Morgan fingerprint density at radius 3 is 3.00 bits per heavy atom. The number of thiazole rings is 1. The van der Waals surface area contributed by atoms with E-state index in [2.05, 4.69) is 35.8 Å². The van der Waals surface area contributed by atoms with Gasteiger partial charge in [-0.05, 0) is 41.9 Å². The maximum Gasteiger partial charge on any atom is 0.191 e. The summed E-state index contributed by atoms with van der Waals surface area (Å²) in [5, 5.41) is 0.968. The number of aliphatic imine (C=N–C) groups is 1. The molecule has 0 amide bonds. The number of piperidine rings is 3. The van der Waals surface area contributed by atoms with Crippen LogP contribution in [0.5, 0.6) is 0 Å². The molecule has 6 heterocycles. The first-order valence-electron chi connectivity index (χ1n) is 7.93. The van der Waals surface area contributed by atoms with Gasteiger partial charge < -0.3 is 4.74 Å². The summed E-state index contributed by atoms with van der Waals surface area (Å²) < 4.78 is 7.11. The van der Waals surface area contributed by atoms with Crippen molar-refractivity contribution in [2.75, 3.05) is 26.2 Å². The first-order valence-corrected chi connectivity index (χ1v) is 9.54. The van der Waals surface area contributed by atoms with Gasteiger partial charge in [-0.3, -0.25) is 9.89 Å². The average Bonchev–Trinajstić information content (AvgIpc) is 3.12. The lowest BCUT2D eigenvalue weighted by atomic mass is 9.75. The van der Waals surface area contributed by atoms with Gasteiger partial charge in [0.2, 0.25) is 0 Å². The van der Waals surface area contributed by atoms with Crippen molar-refractivity contribution in [3.8, 4) is 0 Å². The third-order valence-electron chi connectivity index (χ3n) is 5.11. The zero-order valence-electron chi connectivity index (χ0n) is 12.5. The van der Waals surface area contributed by atoms with Crippen LogP contribution in [0.3, 0.4) is 0 Å². The molecule has 2 aromatic heterocycles. The molecule has 1 spiro atoms. The van der Waals surface area contributed by atoms with Gasteiger partial charge in [-0.25, -0.2) is 15.0 Å². The van der Waals surface area contributed by atoms with Gasteiger partial charge in [0, 0.05) is 12.5 Å². The van der Waals surface area contributed by atoms with Gasteiger partial charge in [-0.1, -0.05) is 11.3 Å². The molecule has 4 aliphatic heterocycles. The third-order valence-corrected chi connectivity index (χ3v) is 6.43. The summed E-state index contributed by atoms with van der Waals surface area (Å²) in [6, 6.07) is 0. The van der Waals surface area contributed by atoms with E-state index >= 15 is 0 Å². The highest BCUT2D eigenvalue weighted by atomic mass is 79.9. The van der Waals surface area contributed by atoms with Crippen LogP contribution in [0, 0.1) is 5.92 Å². The van der Waals surface area contributed by atoms with Gasteiger partial charge in [0.05, 0.1) is 19.2 Å². The Balaban J connectivity index is 1.35. The van der Waals surface area contributed by atoms with Crippen molar-refractivity contribution in [1.29, 1.82) is 0 Å². The van der Waals surface area contributed by atoms with Gasteiger partial charge in [0.15, 0.2) is 16.4 Å². The molecule has 2 bridgehead atoms. The van der Waals surface area contributed by atoms with E-state index in [4.69, 9.17) is 9.73 Å². The number of aromatic nitrogens is 3. The van der Waals surface area contributed by atoms with E-state index in [0.29, 0.717) is 18.0 Å². The average molecular weight is 394 g/mol. The molecule has 120 valence electrons. The summed E-state index contributed by atoms with van der Waals surface area (Å²) >= 11 is 4.91. The van der Waals surface area contributed by atoms with Crippen molar-refractivity contribution in [2.45, 2.75) is 24.9 Å². The van der Waals surface area contributed by atoms with Crippen molar-refractivity contribution in [3.63, 3.8) is 0 Å². The third kappa shape index (κ3) is 2.38. The SMILES string of the molecule is Brc1cnc2nc(CC3=NC[C@@]4(CN5CCC4CC5)O3)sc2n1. The largest absolute Gasteiger partial charge is 0.470 e. The summed E-state index contributed by atoms with van der Waals surface area (Å²) in [4.78, 5) is 21.3. The maximum absolute atomic E-state index is 6.37. The van der Waals surface area contributed by atoms with Crippen LogP contribution in [-0.4, -0.2) is 57.5 Å². The van der Waals surface area contributed by atoms with Crippen LogP contribution in [0.1, 0.15) is 17.8 Å². The predicted octanol–water partition coefficient (Wildman–Crippen LogP) is 2.28. The molecule has 6 rings (SSSR count). The van der Waals surface area contributed by atoms with Crippen molar-refractivity contribution < 1.29 is 4.74 Å². The zero-order chi connectivity index (χ0) is 15.4. The van der Waals surface area contributed by atoms with Gasteiger partial charge in [-0.15, -0.1) is 0 Å². The molecule has 0 aromatic carbocycles. The molecule has 0 N–H and O–H groups in total. The van der Waals surface area contributed by atoms with Crippen LogP contribution >= 0.6 is 27.3 Å². The zero-order valence-corrected chi connectivity index (χ0v) is 14.9. The fourth-order valence-corrected chi connectivity index (χ4v) is 5.26. The number of ether oxygens (including phenoxy) is 1. The second kappa shape index (κ2) is 5.19. The monoisotopic (exact) mass is 393 g/mol. The Morgan fingerprint density at radius 1 is 1.35 bits per heavy atom. The van der Waals surface area contributed by atoms with Gasteiger partial charge in [0.1, 0.15) is 15.2 Å². The smallest absolute Gasteiger partial charge is 0.191 e. The van der Waals surface area contributed by atoms with E-state index in [-0.39, 0.29) is 5.60 Å². The van der Waals surface area contributed by atoms with E-state index in [9.17, 15) is 0 Å². The first kappa shape index (κ1) is 14.2. The molecule has 0 aliphatic carbocycles. The molecule has 8 heteroatoms. The Labute approximate surface area is 146 Å². The normalized spacial score (nSPS) is 32.5. The standard InChI is InChI=1S/C15H16BrN5OS/c16-10-6-17-13-14(19-10)23-12(20-13)5-11-18-7-15(22-11)8-21-3-1-9(15)2-4-21/h6,9H,1-5,7-8H2/t15-/m0/s1. The second-order valence-electron chi connectivity index (χ2n) is 6.53. The maximum atomic E-state index is 6.37. The van der Waals surface area contributed by atoms with Crippen molar-refractivity contribution in [3.05, 3.63) is 15.8 Å². The van der Waals surface area contributed by atoms with Crippen LogP contribution < -0.4 is 0 Å². The second-order valence-corrected chi connectivity index (χ2v) is 8.41. The number of hydrogen-bond donors (Lipinski definition) is 0. The van der Waals surface area contributed by atoms with Crippen LogP contribution in [-0.2, 0) is 11.2 Å². The molecular formula is C15H16BrN5OS. The summed E-state index contributed by atoms with van der Waals surface area (Å²) in [6.45, 7) is 4.27. The summed E-state index contributed by atoms with van der Waals surface area (Å²) in [7, 11) is 0. The van der Waals surface area contributed by atoms with Crippen molar-refractivity contribution in [1.82, 2.24) is 19.9 Å². The Morgan fingerprint density at radius 2 is 2.22 bits per heavy atom. The van der Waals surface area contributed by atoms with E-state index < -0.39 is 0 Å². The molecule has 4 aliphatic rings. The van der Waals surface area contributed by atoms with Gasteiger partial charge >= 0.3 is 0 Å². The highest BCUT2D eigenvalue weighted by molar-refractivity contribution is 9.10. The number of nitrogens with zero attached hydrogens (tertiary/aromatic N) is 5. The summed E-state index contributed by atoms with van der Waals surface area (Å²) in [5.74, 6) is 1.49. The molecule has 3 fully saturated rings. The Bertz CT molecular complexity index is 800. The highest BCUT2D eigenvalue weighted by Gasteiger charge is 2.51. The minimum atomic E-state index is -0.0674. The van der Waals surface area contributed by atoms with Gasteiger partial charge in [-0.2, -0.15) is 0 Å². The van der Waals surface area contributed by atoms with Crippen LogP contribution in [0.2, 0.25) is 0 Å². The van der Waals surface area contributed by atoms with E-state index in [1.807, 2.05) is 0 Å². The molecule has 0 saturated carbocycles. The minimum absolute atomic E-state index is 0.0674. The topological polar surface area (TPSA) is 63.5 Å². The number of halogens is 1.